The second-order valence-electron chi connectivity index (χ2n) is 7.37. The molecule has 0 radical (unpaired) electrons. The summed E-state index contributed by atoms with van der Waals surface area (Å²) < 4.78 is 8.57. The molecule has 0 atom stereocenters. The van der Waals surface area contributed by atoms with Crippen molar-refractivity contribution in [1.82, 2.24) is 14.5 Å². The van der Waals surface area contributed by atoms with E-state index in [4.69, 9.17) is 14.4 Å². The van der Waals surface area contributed by atoms with Crippen LogP contribution < -0.4 is 0 Å². The minimum atomic E-state index is 0.651. The van der Waals surface area contributed by atoms with Crippen LogP contribution in [0, 0.1) is 0 Å². The molecule has 4 heteroatoms. The van der Waals surface area contributed by atoms with Crippen molar-refractivity contribution in [1.29, 1.82) is 0 Å². The molecule has 0 aliphatic carbocycles. The third kappa shape index (κ3) is 2.47. The van der Waals surface area contributed by atoms with E-state index in [0.29, 0.717) is 5.71 Å². The standard InChI is InChI=1S/C26H19N3O/c1-2-29-23-14-7-6-13-22(23)27-25(29)20-12-8-11-18-19-15-16-21(17-9-4-3-5-10-17)28-26(19)30-24(18)20/h3-16H,2H2,1H3. The van der Waals surface area contributed by atoms with Crippen LogP contribution in [0.25, 0.3) is 55.7 Å². The van der Waals surface area contributed by atoms with E-state index in [1.807, 2.05) is 24.3 Å². The molecule has 0 aliphatic rings. The van der Waals surface area contributed by atoms with Crippen LogP contribution in [-0.2, 0) is 6.54 Å². The van der Waals surface area contributed by atoms with Gasteiger partial charge in [-0.25, -0.2) is 9.97 Å². The SMILES string of the molecule is CCn1c(-c2cccc3c2oc2nc(-c4ccccc4)ccc23)nc2ccccc21. The van der Waals surface area contributed by atoms with Crippen LogP contribution in [-0.4, -0.2) is 14.5 Å². The summed E-state index contributed by atoms with van der Waals surface area (Å²) in [5.41, 5.74) is 6.58. The zero-order chi connectivity index (χ0) is 20.1. The lowest BCUT2D eigenvalue weighted by atomic mass is 10.1. The monoisotopic (exact) mass is 389 g/mol. The zero-order valence-corrected chi connectivity index (χ0v) is 16.5. The highest BCUT2D eigenvalue weighted by Crippen LogP contribution is 2.36. The van der Waals surface area contributed by atoms with E-state index in [-0.39, 0.29) is 0 Å². The molecule has 144 valence electrons. The quantitative estimate of drug-likeness (QED) is 0.339. The number of imidazole rings is 1. The number of benzene rings is 3. The number of hydrogen-bond donors (Lipinski definition) is 0. The highest BCUT2D eigenvalue weighted by atomic mass is 16.3. The molecular weight excluding hydrogens is 370 g/mol. The highest BCUT2D eigenvalue weighted by molar-refractivity contribution is 6.08. The van der Waals surface area contributed by atoms with Gasteiger partial charge < -0.3 is 8.98 Å². The van der Waals surface area contributed by atoms with Crippen molar-refractivity contribution in [2.45, 2.75) is 13.5 Å². The number of rotatable bonds is 3. The Morgan fingerprint density at radius 2 is 1.60 bits per heavy atom. The summed E-state index contributed by atoms with van der Waals surface area (Å²) in [5.74, 6) is 0.923. The fraction of sp³-hybridized carbons (Fsp3) is 0.0769. The normalized spacial score (nSPS) is 11.6. The number of furan rings is 1. The van der Waals surface area contributed by atoms with Gasteiger partial charge in [-0.2, -0.15) is 0 Å². The van der Waals surface area contributed by atoms with E-state index in [2.05, 4.69) is 72.2 Å². The van der Waals surface area contributed by atoms with Crippen LogP contribution in [0.1, 0.15) is 6.92 Å². The summed E-state index contributed by atoms with van der Waals surface area (Å²) in [5, 5.41) is 2.08. The number of nitrogens with zero attached hydrogens (tertiary/aromatic N) is 3. The number of aromatic nitrogens is 3. The van der Waals surface area contributed by atoms with Gasteiger partial charge in [0.25, 0.3) is 0 Å². The summed E-state index contributed by atoms with van der Waals surface area (Å²) in [6, 6.07) is 28.8. The van der Waals surface area contributed by atoms with Crippen LogP contribution in [0.3, 0.4) is 0 Å². The Hall–Kier alpha value is -3.92. The Labute approximate surface area is 173 Å². The molecule has 3 heterocycles. The van der Waals surface area contributed by atoms with Gasteiger partial charge in [0, 0.05) is 22.9 Å². The molecule has 0 saturated carbocycles. The Bertz CT molecular complexity index is 1530. The maximum Gasteiger partial charge on any atom is 0.227 e. The Morgan fingerprint density at radius 3 is 2.47 bits per heavy atom. The van der Waals surface area contributed by atoms with E-state index >= 15 is 0 Å². The van der Waals surface area contributed by atoms with Gasteiger partial charge in [0.1, 0.15) is 11.4 Å². The van der Waals surface area contributed by atoms with Gasteiger partial charge in [-0.3, -0.25) is 0 Å². The summed E-state index contributed by atoms with van der Waals surface area (Å²) >= 11 is 0. The first-order valence-corrected chi connectivity index (χ1v) is 10.2. The Balaban J connectivity index is 1.61. The van der Waals surface area contributed by atoms with E-state index in [1.54, 1.807) is 0 Å². The fourth-order valence-corrected chi connectivity index (χ4v) is 4.23. The number of pyridine rings is 1. The number of para-hydroxylation sites is 3. The molecule has 3 aromatic carbocycles. The molecule has 0 N–H and O–H groups in total. The fourth-order valence-electron chi connectivity index (χ4n) is 4.23. The van der Waals surface area contributed by atoms with E-state index in [9.17, 15) is 0 Å². The number of aryl methyl sites for hydroxylation is 1. The molecular formula is C26H19N3O. The van der Waals surface area contributed by atoms with Gasteiger partial charge >= 0.3 is 0 Å². The molecule has 4 nitrogen and oxygen atoms in total. The second kappa shape index (κ2) is 6.56. The molecule has 6 aromatic rings. The second-order valence-corrected chi connectivity index (χ2v) is 7.37. The van der Waals surface area contributed by atoms with Gasteiger partial charge in [0.15, 0.2) is 0 Å². The molecule has 0 unspecified atom stereocenters. The largest absolute Gasteiger partial charge is 0.437 e. The van der Waals surface area contributed by atoms with Crippen molar-refractivity contribution in [3.63, 3.8) is 0 Å². The topological polar surface area (TPSA) is 43.9 Å². The molecule has 0 bridgehead atoms. The molecule has 0 fully saturated rings. The molecule has 30 heavy (non-hydrogen) atoms. The van der Waals surface area contributed by atoms with Crippen LogP contribution in [0.15, 0.2) is 89.3 Å². The summed E-state index contributed by atoms with van der Waals surface area (Å²) in [6.45, 7) is 2.98. The van der Waals surface area contributed by atoms with E-state index < -0.39 is 0 Å². The van der Waals surface area contributed by atoms with Gasteiger partial charge in [-0.1, -0.05) is 54.6 Å². The molecule has 6 rings (SSSR count). The van der Waals surface area contributed by atoms with Gasteiger partial charge in [0.05, 0.1) is 22.3 Å². The molecule has 0 saturated heterocycles. The molecule has 0 aliphatic heterocycles. The lowest BCUT2D eigenvalue weighted by Crippen LogP contribution is -1.97. The first kappa shape index (κ1) is 17.0. The average Bonchev–Trinajstić information content (AvgIpc) is 3.37. The molecule has 0 amide bonds. The van der Waals surface area contributed by atoms with Crippen molar-refractivity contribution in [3.8, 4) is 22.6 Å². The predicted molar refractivity (Wildman–Crippen MR) is 121 cm³/mol. The maximum atomic E-state index is 6.33. The summed E-state index contributed by atoms with van der Waals surface area (Å²) in [4.78, 5) is 9.73. The number of hydrogen-bond acceptors (Lipinski definition) is 3. The maximum absolute atomic E-state index is 6.33. The van der Waals surface area contributed by atoms with Crippen molar-refractivity contribution in [2.24, 2.45) is 0 Å². The highest BCUT2D eigenvalue weighted by Gasteiger charge is 2.18. The van der Waals surface area contributed by atoms with Gasteiger partial charge in [0.2, 0.25) is 5.71 Å². The lowest BCUT2D eigenvalue weighted by molar-refractivity contribution is 0.654. The summed E-state index contributed by atoms with van der Waals surface area (Å²) in [6.07, 6.45) is 0. The van der Waals surface area contributed by atoms with Crippen LogP contribution in [0.5, 0.6) is 0 Å². The average molecular weight is 389 g/mol. The first-order chi connectivity index (χ1) is 14.8. The number of fused-ring (bicyclic) bond motifs is 4. The van der Waals surface area contributed by atoms with Crippen molar-refractivity contribution < 1.29 is 4.42 Å². The van der Waals surface area contributed by atoms with Gasteiger partial charge in [-0.05, 0) is 37.3 Å². The van der Waals surface area contributed by atoms with Crippen LogP contribution in [0.2, 0.25) is 0 Å². The third-order valence-electron chi connectivity index (χ3n) is 5.65. The lowest BCUT2D eigenvalue weighted by Gasteiger charge is -2.06. The van der Waals surface area contributed by atoms with Crippen LogP contribution in [0.4, 0.5) is 0 Å². The minimum Gasteiger partial charge on any atom is -0.437 e. The summed E-state index contributed by atoms with van der Waals surface area (Å²) in [7, 11) is 0. The molecule has 0 spiro atoms. The molecule has 3 aromatic heterocycles. The Morgan fingerprint density at radius 1 is 0.767 bits per heavy atom. The van der Waals surface area contributed by atoms with Gasteiger partial charge in [-0.15, -0.1) is 0 Å². The van der Waals surface area contributed by atoms with Crippen molar-refractivity contribution in [2.75, 3.05) is 0 Å². The van der Waals surface area contributed by atoms with Crippen molar-refractivity contribution in [3.05, 3.63) is 84.9 Å². The zero-order valence-electron chi connectivity index (χ0n) is 16.5. The van der Waals surface area contributed by atoms with E-state index in [0.717, 1.165) is 56.6 Å². The Kier molecular flexibility index (Phi) is 3.71. The van der Waals surface area contributed by atoms with Crippen LogP contribution >= 0.6 is 0 Å². The smallest absolute Gasteiger partial charge is 0.227 e. The minimum absolute atomic E-state index is 0.651. The van der Waals surface area contributed by atoms with E-state index in [1.165, 1.54) is 0 Å². The first-order valence-electron chi connectivity index (χ1n) is 10.2. The van der Waals surface area contributed by atoms with Crippen molar-refractivity contribution >= 4 is 33.1 Å². The predicted octanol–water partition coefficient (Wildman–Crippen LogP) is 6.68. The third-order valence-corrected chi connectivity index (χ3v) is 5.65.